The summed E-state index contributed by atoms with van der Waals surface area (Å²) in [4.78, 5) is 25.5. The van der Waals surface area contributed by atoms with Crippen molar-refractivity contribution in [1.82, 2.24) is 14.7 Å². The van der Waals surface area contributed by atoms with Crippen molar-refractivity contribution in [3.8, 4) is 0 Å². The van der Waals surface area contributed by atoms with E-state index in [9.17, 15) is 14.7 Å². The molecule has 20 heavy (non-hydrogen) atoms. The van der Waals surface area contributed by atoms with E-state index in [1.165, 1.54) is 4.90 Å². The van der Waals surface area contributed by atoms with Gasteiger partial charge >= 0.3 is 5.97 Å². The second-order valence-corrected chi connectivity index (χ2v) is 5.40. The number of carboxylic acid groups (broad SMARTS) is 1. The van der Waals surface area contributed by atoms with Crippen molar-refractivity contribution in [1.29, 1.82) is 0 Å². The van der Waals surface area contributed by atoms with Crippen molar-refractivity contribution in [2.75, 3.05) is 6.54 Å². The first-order chi connectivity index (χ1) is 9.45. The van der Waals surface area contributed by atoms with E-state index in [4.69, 9.17) is 0 Å². The van der Waals surface area contributed by atoms with Crippen molar-refractivity contribution < 1.29 is 14.7 Å². The predicted octanol–water partition coefficient (Wildman–Crippen LogP) is 1.31. The lowest BCUT2D eigenvalue weighted by Crippen LogP contribution is -2.52. The highest BCUT2D eigenvalue weighted by Crippen LogP contribution is 2.25. The average Bonchev–Trinajstić information content (AvgIpc) is 2.78. The Labute approximate surface area is 118 Å². The number of amides is 1. The van der Waals surface area contributed by atoms with Gasteiger partial charge in [-0.15, -0.1) is 0 Å². The normalized spacial score (nSPS) is 22.9. The third-order valence-corrected chi connectivity index (χ3v) is 3.96. The summed E-state index contributed by atoms with van der Waals surface area (Å²) < 4.78 is 1.54. The smallest absolute Gasteiger partial charge is 0.326 e. The van der Waals surface area contributed by atoms with E-state index in [1.54, 1.807) is 17.8 Å². The Morgan fingerprint density at radius 3 is 2.75 bits per heavy atom. The van der Waals surface area contributed by atoms with Crippen LogP contribution in [0.15, 0.2) is 6.07 Å². The standard InChI is InChI=1S/C14H21N3O3/c1-4-10-8-11(16(3)15-10)13(18)17-7-5-6-9(2)12(17)14(19)20/h8-9,12H,4-7H2,1-3H3,(H,19,20). The first kappa shape index (κ1) is 14.6. The highest BCUT2D eigenvalue weighted by molar-refractivity contribution is 5.95. The van der Waals surface area contributed by atoms with Crippen molar-refractivity contribution in [3.63, 3.8) is 0 Å². The molecule has 1 saturated heterocycles. The molecule has 2 rings (SSSR count). The number of nitrogens with zero attached hydrogens (tertiary/aromatic N) is 3. The van der Waals surface area contributed by atoms with Crippen LogP contribution in [0.4, 0.5) is 0 Å². The SMILES string of the molecule is CCc1cc(C(=O)N2CCCC(C)C2C(=O)O)n(C)n1. The molecule has 2 atom stereocenters. The van der Waals surface area contributed by atoms with Gasteiger partial charge in [0.15, 0.2) is 0 Å². The Morgan fingerprint density at radius 2 is 2.20 bits per heavy atom. The summed E-state index contributed by atoms with van der Waals surface area (Å²) >= 11 is 0. The fourth-order valence-electron chi connectivity index (χ4n) is 2.84. The average molecular weight is 279 g/mol. The largest absolute Gasteiger partial charge is 0.480 e. The van der Waals surface area contributed by atoms with Crippen LogP contribution in [0.2, 0.25) is 0 Å². The summed E-state index contributed by atoms with van der Waals surface area (Å²) in [5.74, 6) is -1.19. The van der Waals surface area contributed by atoms with E-state index < -0.39 is 12.0 Å². The number of likely N-dealkylation sites (tertiary alicyclic amines) is 1. The number of aliphatic carboxylic acids is 1. The summed E-state index contributed by atoms with van der Waals surface area (Å²) in [5, 5.41) is 13.6. The number of piperidine rings is 1. The molecule has 1 amide bonds. The molecule has 1 aromatic heterocycles. The third-order valence-electron chi connectivity index (χ3n) is 3.96. The van der Waals surface area contributed by atoms with Crippen LogP contribution in [0.3, 0.4) is 0 Å². The topological polar surface area (TPSA) is 75.4 Å². The molecule has 0 aromatic carbocycles. The van der Waals surface area contributed by atoms with Gasteiger partial charge in [-0.3, -0.25) is 9.48 Å². The Balaban J connectivity index is 2.30. The van der Waals surface area contributed by atoms with Crippen molar-refractivity contribution in [3.05, 3.63) is 17.5 Å². The van der Waals surface area contributed by atoms with Crippen LogP contribution < -0.4 is 0 Å². The Morgan fingerprint density at radius 1 is 1.50 bits per heavy atom. The number of carbonyl (C=O) groups excluding carboxylic acids is 1. The fourth-order valence-corrected chi connectivity index (χ4v) is 2.84. The highest BCUT2D eigenvalue weighted by Gasteiger charge is 2.38. The van der Waals surface area contributed by atoms with Gasteiger partial charge < -0.3 is 10.0 Å². The summed E-state index contributed by atoms with van der Waals surface area (Å²) in [6, 6.07) is 1.01. The van der Waals surface area contributed by atoms with Crippen LogP contribution in [0.25, 0.3) is 0 Å². The molecule has 0 aliphatic carbocycles. The molecule has 1 aliphatic heterocycles. The van der Waals surface area contributed by atoms with Crippen LogP contribution >= 0.6 is 0 Å². The molecule has 1 aliphatic rings. The van der Waals surface area contributed by atoms with Gasteiger partial charge in [-0.1, -0.05) is 13.8 Å². The van der Waals surface area contributed by atoms with E-state index in [0.717, 1.165) is 25.0 Å². The van der Waals surface area contributed by atoms with Crippen molar-refractivity contribution >= 4 is 11.9 Å². The molecule has 0 bridgehead atoms. The molecule has 0 saturated carbocycles. The number of carbonyl (C=O) groups is 2. The van der Waals surface area contributed by atoms with Gasteiger partial charge in [-0.2, -0.15) is 5.10 Å². The van der Waals surface area contributed by atoms with Gasteiger partial charge in [0.25, 0.3) is 5.91 Å². The number of aromatic nitrogens is 2. The van der Waals surface area contributed by atoms with Crippen LogP contribution in [0.1, 0.15) is 42.9 Å². The Hall–Kier alpha value is -1.85. The molecule has 1 aromatic rings. The zero-order valence-electron chi connectivity index (χ0n) is 12.2. The van der Waals surface area contributed by atoms with Crippen LogP contribution in [0, 0.1) is 5.92 Å². The van der Waals surface area contributed by atoms with Gasteiger partial charge in [0.05, 0.1) is 5.69 Å². The lowest BCUT2D eigenvalue weighted by Gasteiger charge is -2.37. The molecule has 6 nitrogen and oxygen atoms in total. The van der Waals surface area contributed by atoms with Gasteiger partial charge in [-0.05, 0) is 31.2 Å². The van der Waals surface area contributed by atoms with Gasteiger partial charge in [0.2, 0.25) is 0 Å². The van der Waals surface area contributed by atoms with E-state index in [1.807, 2.05) is 13.8 Å². The maximum absolute atomic E-state index is 12.6. The second kappa shape index (κ2) is 5.64. The minimum Gasteiger partial charge on any atom is -0.480 e. The maximum atomic E-state index is 12.6. The highest BCUT2D eigenvalue weighted by atomic mass is 16.4. The summed E-state index contributed by atoms with van der Waals surface area (Å²) in [7, 11) is 1.72. The van der Waals surface area contributed by atoms with Gasteiger partial charge in [0.1, 0.15) is 11.7 Å². The van der Waals surface area contributed by atoms with Gasteiger partial charge in [0, 0.05) is 13.6 Å². The number of aryl methyl sites for hydroxylation is 2. The molecule has 2 heterocycles. The minimum atomic E-state index is -0.927. The minimum absolute atomic E-state index is 0.0240. The fraction of sp³-hybridized carbons (Fsp3) is 0.643. The quantitative estimate of drug-likeness (QED) is 0.905. The lowest BCUT2D eigenvalue weighted by atomic mass is 9.90. The molecule has 2 unspecified atom stereocenters. The van der Waals surface area contributed by atoms with Crippen LogP contribution in [-0.4, -0.2) is 44.3 Å². The molecule has 6 heteroatoms. The van der Waals surface area contributed by atoms with Crippen molar-refractivity contribution in [2.24, 2.45) is 13.0 Å². The van der Waals surface area contributed by atoms with Crippen LogP contribution in [-0.2, 0) is 18.3 Å². The molecule has 1 fully saturated rings. The van der Waals surface area contributed by atoms with E-state index in [0.29, 0.717) is 12.2 Å². The van der Waals surface area contributed by atoms with E-state index in [-0.39, 0.29) is 11.8 Å². The lowest BCUT2D eigenvalue weighted by molar-refractivity contribution is -0.145. The Kier molecular flexibility index (Phi) is 4.11. The predicted molar refractivity (Wildman–Crippen MR) is 73.4 cm³/mol. The van der Waals surface area contributed by atoms with Crippen molar-refractivity contribution in [2.45, 2.75) is 39.2 Å². The molecule has 110 valence electrons. The molecule has 0 radical (unpaired) electrons. The number of hydrogen-bond donors (Lipinski definition) is 1. The van der Waals surface area contributed by atoms with Crippen LogP contribution in [0.5, 0.6) is 0 Å². The van der Waals surface area contributed by atoms with Gasteiger partial charge in [-0.25, -0.2) is 4.79 Å². The maximum Gasteiger partial charge on any atom is 0.326 e. The third kappa shape index (κ3) is 2.55. The Bertz CT molecular complexity index is 524. The number of carboxylic acids is 1. The number of rotatable bonds is 3. The van der Waals surface area contributed by atoms with E-state index >= 15 is 0 Å². The zero-order chi connectivity index (χ0) is 14.9. The first-order valence-corrected chi connectivity index (χ1v) is 7.02. The summed E-state index contributed by atoms with van der Waals surface area (Å²) in [5.41, 5.74) is 1.30. The molecule has 0 spiro atoms. The summed E-state index contributed by atoms with van der Waals surface area (Å²) in [6.07, 6.45) is 2.43. The second-order valence-electron chi connectivity index (χ2n) is 5.40. The van der Waals surface area contributed by atoms with E-state index in [2.05, 4.69) is 5.10 Å². The molecule has 1 N–H and O–H groups in total. The first-order valence-electron chi connectivity index (χ1n) is 7.02. The molecular formula is C14H21N3O3. The number of hydrogen-bond acceptors (Lipinski definition) is 3. The molecular weight excluding hydrogens is 258 g/mol. The monoisotopic (exact) mass is 279 g/mol. The zero-order valence-corrected chi connectivity index (χ0v) is 12.2. The summed E-state index contributed by atoms with van der Waals surface area (Å²) in [6.45, 7) is 4.35.